The van der Waals surface area contributed by atoms with Crippen LogP contribution in [0.25, 0.3) is 33.6 Å². The van der Waals surface area contributed by atoms with E-state index in [2.05, 4.69) is 54.8 Å². The Balaban J connectivity index is 1.15. The van der Waals surface area contributed by atoms with Crippen LogP contribution in [0.1, 0.15) is 90.2 Å². The number of aromatic amines is 2. The minimum Gasteiger partial charge on any atom is -0.376 e. The Morgan fingerprint density at radius 1 is 0.500 bits per heavy atom. The van der Waals surface area contributed by atoms with E-state index in [1.807, 2.05) is 77.9 Å². The summed E-state index contributed by atoms with van der Waals surface area (Å²) in [6.45, 7) is 15.1. The number of carbonyl (C=O) groups excluding carboxylic acids is 2. The number of rotatable bonds is 11. The first-order valence-corrected chi connectivity index (χ1v) is 18.8. The van der Waals surface area contributed by atoms with Crippen LogP contribution in [0.3, 0.4) is 0 Å². The number of nitrogens with one attached hydrogen (secondary N) is 4. The third-order valence-electron chi connectivity index (χ3n) is 10.3. The lowest BCUT2D eigenvalue weighted by Gasteiger charge is -2.33. The second kappa shape index (κ2) is 15.4. The summed E-state index contributed by atoms with van der Waals surface area (Å²) in [5.74, 6) is 0.192. The number of benzene rings is 4. The SMILES string of the molecule is CC(C)(C)[C@H](NC(=O)[C@](C)(O)c1ccccc1)c1ncc(-c2ccc(-c3ccc(-c4cnc([C@@H](NC(=O)[C@](C)(O)c5ccccc5)C(C)(C)C)[nH]4)cc3)cc2)[nH]1. The van der Waals surface area contributed by atoms with Crippen LogP contribution in [0, 0.1) is 10.8 Å². The first kappa shape index (κ1) is 39.8. The maximum absolute atomic E-state index is 13.4. The smallest absolute Gasteiger partial charge is 0.256 e. The lowest BCUT2D eigenvalue weighted by molar-refractivity contribution is -0.141. The van der Waals surface area contributed by atoms with E-state index in [0.717, 1.165) is 33.6 Å². The quantitative estimate of drug-likeness (QED) is 0.0782. The van der Waals surface area contributed by atoms with Gasteiger partial charge in [0.15, 0.2) is 11.2 Å². The molecule has 6 N–H and O–H groups in total. The summed E-state index contributed by atoms with van der Waals surface area (Å²) in [5, 5.41) is 28.4. The van der Waals surface area contributed by atoms with Crippen molar-refractivity contribution in [1.82, 2.24) is 30.6 Å². The molecule has 0 spiro atoms. The van der Waals surface area contributed by atoms with Crippen molar-refractivity contribution in [3.05, 3.63) is 144 Å². The van der Waals surface area contributed by atoms with Gasteiger partial charge in [-0.3, -0.25) is 9.59 Å². The first-order chi connectivity index (χ1) is 26.4. The van der Waals surface area contributed by atoms with Crippen molar-refractivity contribution in [2.45, 2.75) is 78.7 Å². The maximum Gasteiger partial charge on any atom is 0.256 e. The molecule has 0 unspecified atom stereocenters. The van der Waals surface area contributed by atoms with Crippen LogP contribution in [-0.2, 0) is 20.8 Å². The molecule has 0 bridgehead atoms. The lowest BCUT2D eigenvalue weighted by Crippen LogP contribution is -2.47. The summed E-state index contributed by atoms with van der Waals surface area (Å²) in [7, 11) is 0. The molecular weight excluding hydrogens is 701 g/mol. The summed E-state index contributed by atoms with van der Waals surface area (Å²) in [6.07, 6.45) is 3.53. The number of nitrogens with zero attached hydrogens (tertiary/aromatic N) is 2. The van der Waals surface area contributed by atoms with Gasteiger partial charge < -0.3 is 30.8 Å². The van der Waals surface area contributed by atoms with E-state index in [0.29, 0.717) is 22.8 Å². The topological polar surface area (TPSA) is 156 Å². The van der Waals surface area contributed by atoms with Gasteiger partial charge in [0.2, 0.25) is 0 Å². The largest absolute Gasteiger partial charge is 0.376 e. The molecule has 290 valence electrons. The van der Waals surface area contributed by atoms with Gasteiger partial charge in [0, 0.05) is 0 Å². The molecule has 0 fully saturated rings. The molecule has 6 rings (SSSR count). The predicted octanol–water partition coefficient (Wildman–Crippen LogP) is 8.36. The molecule has 0 saturated carbocycles. The monoisotopic (exact) mass is 752 g/mol. The number of hydrogen-bond donors (Lipinski definition) is 6. The van der Waals surface area contributed by atoms with Crippen LogP contribution in [-0.4, -0.2) is 42.0 Å². The van der Waals surface area contributed by atoms with Crippen LogP contribution >= 0.6 is 0 Å². The highest BCUT2D eigenvalue weighted by Gasteiger charge is 2.39. The van der Waals surface area contributed by atoms with Gasteiger partial charge in [0.25, 0.3) is 11.8 Å². The van der Waals surface area contributed by atoms with E-state index in [-0.39, 0.29) is 0 Å². The minimum absolute atomic E-state index is 0.403. The highest BCUT2D eigenvalue weighted by Crippen LogP contribution is 2.36. The molecule has 0 aliphatic carbocycles. The zero-order valence-electron chi connectivity index (χ0n) is 33.3. The third-order valence-corrected chi connectivity index (χ3v) is 10.3. The normalized spacial score (nSPS) is 15.2. The van der Waals surface area contributed by atoms with Crippen LogP contribution in [0.2, 0.25) is 0 Å². The predicted molar refractivity (Wildman–Crippen MR) is 220 cm³/mol. The molecule has 0 saturated heterocycles. The maximum atomic E-state index is 13.4. The molecule has 56 heavy (non-hydrogen) atoms. The van der Waals surface area contributed by atoms with Crippen LogP contribution in [0.15, 0.2) is 122 Å². The summed E-state index contributed by atoms with van der Waals surface area (Å²) in [5.41, 5.74) is 2.37. The second-order valence-electron chi connectivity index (χ2n) is 16.9. The van der Waals surface area contributed by atoms with Gasteiger partial charge in [0.1, 0.15) is 11.6 Å². The molecule has 0 aliphatic rings. The molecule has 2 heterocycles. The van der Waals surface area contributed by atoms with Crippen molar-refractivity contribution in [3.8, 4) is 33.6 Å². The van der Waals surface area contributed by atoms with E-state index >= 15 is 0 Å². The standard InChI is InChI=1S/C46H52N6O4/c1-43(2,3)37(51-41(53)45(7,55)33-15-11-9-12-16-33)39-47-27-35(49-39)31-23-19-29(20-24-31)30-21-25-32(26-22-30)36-28-48-40(50-36)38(44(4,5)6)52-42(54)46(8,56)34-17-13-10-14-18-34/h9-28,37-38,55-56H,1-8H3,(H,47,49)(H,48,50)(H,51,53)(H,52,54)/t37-,38-,45-,46-/m1/s1. The van der Waals surface area contributed by atoms with Gasteiger partial charge in [0.05, 0.1) is 35.9 Å². The Kier molecular flexibility index (Phi) is 10.9. The van der Waals surface area contributed by atoms with E-state index in [1.54, 1.807) is 60.9 Å². The molecule has 10 heteroatoms. The Morgan fingerprint density at radius 3 is 1.11 bits per heavy atom. The van der Waals surface area contributed by atoms with Gasteiger partial charge in [-0.05, 0) is 58.1 Å². The Hall–Kier alpha value is -5.84. The number of H-pyrrole nitrogens is 2. The van der Waals surface area contributed by atoms with Crippen LogP contribution in [0.4, 0.5) is 0 Å². The Labute approximate surface area is 328 Å². The summed E-state index contributed by atoms with van der Waals surface area (Å²) < 4.78 is 0. The van der Waals surface area contributed by atoms with Crippen molar-refractivity contribution in [2.24, 2.45) is 10.8 Å². The molecule has 2 aromatic heterocycles. The average Bonchev–Trinajstić information content (AvgIpc) is 3.87. The summed E-state index contributed by atoms with van der Waals surface area (Å²) >= 11 is 0. The highest BCUT2D eigenvalue weighted by molar-refractivity contribution is 5.87. The fourth-order valence-corrected chi connectivity index (χ4v) is 6.67. The second-order valence-corrected chi connectivity index (χ2v) is 16.9. The molecule has 4 aromatic carbocycles. The zero-order valence-corrected chi connectivity index (χ0v) is 33.3. The average molecular weight is 753 g/mol. The van der Waals surface area contributed by atoms with Gasteiger partial charge in [-0.15, -0.1) is 0 Å². The van der Waals surface area contributed by atoms with Crippen molar-refractivity contribution in [2.75, 3.05) is 0 Å². The highest BCUT2D eigenvalue weighted by atomic mass is 16.3. The number of amides is 2. The Morgan fingerprint density at radius 2 is 0.804 bits per heavy atom. The fraction of sp³-hybridized carbons (Fsp3) is 0.304. The van der Waals surface area contributed by atoms with E-state index in [1.165, 1.54) is 13.8 Å². The molecular formula is C46H52N6O4. The third kappa shape index (κ3) is 8.51. The van der Waals surface area contributed by atoms with Crippen molar-refractivity contribution in [3.63, 3.8) is 0 Å². The number of hydrogen-bond acceptors (Lipinski definition) is 6. The number of carbonyl (C=O) groups is 2. The number of aromatic nitrogens is 4. The molecule has 0 radical (unpaired) electrons. The van der Waals surface area contributed by atoms with Gasteiger partial charge in [-0.2, -0.15) is 0 Å². The molecule has 0 aliphatic heterocycles. The summed E-state index contributed by atoms with van der Waals surface area (Å²) in [6, 6.07) is 33.2. The molecule has 6 aromatic rings. The zero-order chi connectivity index (χ0) is 40.5. The fourth-order valence-electron chi connectivity index (χ4n) is 6.67. The van der Waals surface area contributed by atoms with Gasteiger partial charge >= 0.3 is 0 Å². The van der Waals surface area contributed by atoms with Crippen molar-refractivity contribution >= 4 is 11.8 Å². The van der Waals surface area contributed by atoms with Crippen LogP contribution < -0.4 is 10.6 Å². The van der Waals surface area contributed by atoms with E-state index in [9.17, 15) is 19.8 Å². The van der Waals surface area contributed by atoms with E-state index < -0.39 is 45.9 Å². The van der Waals surface area contributed by atoms with E-state index in [4.69, 9.17) is 0 Å². The summed E-state index contributed by atoms with van der Waals surface area (Å²) in [4.78, 5) is 42.9. The molecule has 10 nitrogen and oxygen atoms in total. The van der Waals surface area contributed by atoms with Gasteiger partial charge in [-0.1, -0.05) is 151 Å². The molecule has 4 atom stereocenters. The van der Waals surface area contributed by atoms with Gasteiger partial charge in [-0.25, -0.2) is 9.97 Å². The van der Waals surface area contributed by atoms with Crippen molar-refractivity contribution < 1.29 is 19.8 Å². The lowest BCUT2D eigenvalue weighted by atomic mass is 9.85. The van der Waals surface area contributed by atoms with Crippen LogP contribution in [0.5, 0.6) is 0 Å². The number of imidazole rings is 2. The van der Waals surface area contributed by atoms with Crippen molar-refractivity contribution in [1.29, 1.82) is 0 Å². The minimum atomic E-state index is -1.71. The Bertz CT molecular complexity index is 2100. The molecule has 2 amide bonds. The number of aliphatic hydroxyl groups is 2. The first-order valence-electron chi connectivity index (χ1n) is 18.8.